The molecule has 0 atom stereocenters. The predicted molar refractivity (Wildman–Crippen MR) is 106 cm³/mol. The van der Waals surface area contributed by atoms with Crippen LogP contribution in [0.1, 0.15) is 42.3 Å². The first-order chi connectivity index (χ1) is 13.7. The fourth-order valence-corrected chi connectivity index (χ4v) is 2.65. The highest BCUT2D eigenvalue weighted by atomic mass is 19.1. The third-order valence-electron chi connectivity index (χ3n) is 4.11. The van der Waals surface area contributed by atoms with Gasteiger partial charge in [-0.1, -0.05) is 12.1 Å². The van der Waals surface area contributed by atoms with Gasteiger partial charge in [0.25, 0.3) is 5.91 Å². The maximum atomic E-state index is 14.1. The third kappa shape index (κ3) is 5.75. The number of carbonyl (C=O) groups is 3. The highest BCUT2D eigenvalue weighted by molar-refractivity contribution is 6.05. The predicted octanol–water partition coefficient (Wildman–Crippen LogP) is 3.68. The number of carbonyl (C=O) groups excluding carboxylic acids is 3. The fourth-order valence-electron chi connectivity index (χ4n) is 2.65. The summed E-state index contributed by atoms with van der Waals surface area (Å²) < 4.78 is 25.1. The Bertz CT molecular complexity index is 981. The molecule has 0 unspecified atom stereocenters. The SMILES string of the molecule is COc1cc(OCc2c(F)cccc2C(C)=O)ccc1/C=C(\C)C(=O)NC(C)=O. The second-order valence-electron chi connectivity index (χ2n) is 6.35. The molecule has 2 aromatic rings. The monoisotopic (exact) mass is 399 g/mol. The molecule has 0 fully saturated rings. The summed E-state index contributed by atoms with van der Waals surface area (Å²) in [7, 11) is 1.46. The van der Waals surface area contributed by atoms with E-state index < -0.39 is 17.6 Å². The van der Waals surface area contributed by atoms with Crippen molar-refractivity contribution in [3.8, 4) is 11.5 Å². The topological polar surface area (TPSA) is 81.7 Å². The van der Waals surface area contributed by atoms with E-state index in [2.05, 4.69) is 5.32 Å². The van der Waals surface area contributed by atoms with Crippen molar-refractivity contribution in [2.24, 2.45) is 0 Å². The number of halogens is 1. The van der Waals surface area contributed by atoms with Crippen molar-refractivity contribution in [2.45, 2.75) is 27.4 Å². The molecule has 0 saturated carbocycles. The van der Waals surface area contributed by atoms with Crippen LogP contribution in [0, 0.1) is 5.82 Å². The number of nitrogens with one attached hydrogen (secondary N) is 1. The van der Waals surface area contributed by atoms with Crippen molar-refractivity contribution >= 4 is 23.7 Å². The van der Waals surface area contributed by atoms with Crippen LogP contribution >= 0.6 is 0 Å². The fraction of sp³-hybridized carbons (Fsp3) is 0.227. The average Bonchev–Trinajstić information content (AvgIpc) is 2.66. The second kappa shape index (κ2) is 9.64. The van der Waals surface area contributed by atoms with Gasteiger partial charge in [0.2, 0.25) is 5.91 Å². The second-order valence-corrected chi connectivity index (χ2v) is 6.35. The number of imide groups is 1. The summed E-state index contributed by atoms with van der Waals surface area (Å²) in [5.41, 5.74) is 1.37. The number of ether oxygens (including phenoxy) is 2. The van der Waals surface area contributed by atoms with Crippen LogP contribution in [0.25, 0.3) is 6.08 Å². The molecule has 6 nitrogen and oxygen atoms in total. The van der Waals surface area contributed by atoms with Crippen molar-refractivity contribution in [1.82, 2.24) is 5.32 Å². The average molecular weight is 399 g/mol. The van der Waals surface area contributed by atoms with Gasteiger partial charge in [-0.05, 0) is 38.1 Å². The van der Waals surface area contributed by atoms with Crippen LogP contribution in [-0.4, -0.2) is 24.7 Å². The minimum atomic E-state index is -0.517. The smallest absolute Gasteiger partial charge is 0.253 e. The molecule has 0 spiro atoms. The van der Waals surface area contributed by atoms with Crippen LogP contribution in [0.2, 0.25) is 0 Å². The highest BCUT2D eigenvalue weighted by Crippen LogP contribution is 2.28. The van der Waals surface area contributed by atoms with Crippen LogP contribution < -0.4 is 14.8 Å². The third-order valence-corrected chi connectivity index (χ3v) is 4.11. The van der Waals surface area contributed by atoms with Gasteiger partial charge in [0, 0.05) is 35.3 Å². The van der Waals surface area contributed by atoms with Gasteiger partial charge < -0.3 is 9.47 Å². The molecule has 0 bridgehead atoms. The number of ketones is 1. The number of benzene rings is 2. The van der Waals surface area contributed by atoms with E-state index in [4.69, 9.17) is 9.47 Å². The van der Waals surface area contributed by atoms with Gasteiger partial charge in [-0.15, -0.1) is 0 Å². The molecular weight excluding hydrogens is 377 g/mol. The molecule has 152 valence electrons. The summed E-state index contributed by atoms with van der Waals surface area (Å²) in [6.45, 7) is 4.07. The lowest BCUT2D eigenvalue weighted by atomic mass is 10.0. The molecule has 0 aliphatic rings. The molecule has 0 aromatic heterocycles. The van der Waals surface area contributed by atoms with Crippen molar-refractivity contribution in [3.05, 3.63) is 64.5 Å². The summed E-state index contributed by atoms with van der Waals surface area (Å²) >= 11 is 0. The van der Waals surface area contributed by atoms with Gasteiger partial charge in [-0.3, -0.25) is 19.7 Å². The van der Waals surface area contributed by atoms with Crippen molar-refractivity contribution in [1.29, 1.82) is 0 Å². The Kier molecular flexibility index (Phi) is 7.25. The lowest BCUT2D eigenvalue weighted by Gasteiger charge is -2.13. The van der Waals surface area contributed by atoms with Gasteiger partial charge in [0.15, 0.2) is 5.78 Å². The van der Waals surface area contributed by atoms with E-state index in [1.165, 1.54) is 33.1 Å². The first kappa shape index (κ1) is 21.8. The summed E-state index contributed by atoms with van der Waals surface area (Å²) in [5.74, 6) is -0.884. The van der Waals surface area contributed by atoms with E-state index in [0.29, 0.717) is 22.6 Å². The van der Waals surface area contributed by atoms with Gasteiger partial charge in [0.05, 0.1) is 7.11 Å². The summed E-state index contributed by atoms with van der Waals surface area (Å²) in [4.78, 5) is 34.6. The summed E-state index contributed by atoms with van der Waals surface area (Å²) in [5, 5.41) is 2.20. The Morgan fingerprint density at radius 2 is 1.83 bits per heavy atom. The molecule has 0 aliphatic carbocycles. The van der Waals surface area contributed by atoms with E-state index in [0.717, 1.165) is 0 Å². The molecule has 2 aromatic carbocycles. The Labute approximate surface area is 168 Å². The van der Waals surface area contributed by atoms with Crippen LogP contribution in [0.3, 0.4) is 0 Å². The zero-order valence-corrected chi connectivity index (χ0v) is 16.7. The van der Waals surface area contributed by atoms with E-state index in [1.807, 2.05) is 0 Å². The van der Waals surface area contributed by atoms with Gasteiger partial charge in [0.1, 0.15) is 23.9 Å². The molecule has 1 N–H and O–H groups in total. The quantitative estimate of drug-likeness (QED) is 0.567. The van der Waals surface area contributed by atoms with E-state index in [1.54, 1.807) is 37.3 Å². The molecule has 0 saturated heterocycles. The maximum absolute atomic E-state index is 14.1. The zero-order chi connectivity index (χ0) is 21.6. The van der Waals surface area contributed by atoms with E-state index in [-0.39, 0.29) is 23.5 Å². The molecule has 2 amide bonds. The summed E-state index contributed by atoms with van der Waals surface area (Å²) in [6, 6.07) is 9.20. The standard InChI is InChI=1S/C22H22FNO5/c1-13(22(27)24-15(3)26)10-16-8-9-17(11-21(16)28-4)29-12-19-18(14(2)25)6-5-7-20(19)23/h5-11H,12H2,1-4H3,(H,24,26,27)/b13-10+. The molecular formula is C22H22FNO5. The van der Waals surface area contributed by atoms with Crippen LogP contribution in [-0.2, 0) is 16.2 Å². The van der Waals surface area contributed by atoms with Crippen LogP contribution in [0.15, 0.2) is 42.0 Å². The van der Waals surface area contributed by atoms with Crippen LogP contribution in [0.5, 0.6) is 11.5 Å². The Morgan fingerprint density at radius 1 is 1.10 bits per heavy atom. The molecule has 29 heavy (non-hydrogen) atoms. The Morgan fingerprint density at radius 3 is 2.45 bits per heavy atom. The Balaban J connectivity index is 2.23. The van der Waals surface area contributed by atoms with Crippen molar-refractivity contribution < 1.29 is 28.2 Å². The van der Waals surface area contributed by atoms with Crippen molar-refractivity contribution in [3.63, 3.8) is 0 Å². The molecule has 0 aliphatic heterocycles. The summed E-state index contributed by atoms with van der Waals surface area (Å²) in [6.07, 6.45) is 1.58. The Hall–Kier alpha value is -3.48. The minimum absolute atomic E-state index is 0.125. The number of hydrogen-bond acceptors (Lipinski definition) is 5. The minimum Gasteiger partial charge on any atom is -0.496 e. The molecule has 7 heteroatoms. The zero-order valence-electron chi connectivity index (χ0n) is 16.7. The number of amides is 2. The maximum Gasteiger partial charge on any atom is 0.253 e. The lowest BCUT2D eigenvalue weighted by Crippen LogP contribution is -2.28. The number of rotatable bonds is 7. The van der Waals surface area contributed by atoms with Crippen LogP contribution in [0.4, 0.5) is 4.39 Å². The van der Waals surface area contributed by atoms with Gasteiger partial charge in [-0.25, -0.2) is 4.39 Å². The molecule has 0 radical (unpaired) electrons. The van der Waals surface area contributed by atoms with E-state index >= 15 is 0 Å². The first-order valence-electron chi connectivity index (χ1n) is 8.82. The lowest BCUT2D eigenvalue weighted by molar-refractivity contribution is -0.127. The number of methoxy groups -OCH3 is 1. The van der Waals surface area contributed by atoms with Gasteiger partial charge in [-0.2, -0.15) is 0 Å². The van der Waals surface area contributed by atoms with Gasteiger partial charge >= 0.3 is 0 Å². The number of Topliss-reactive ketones (excluding diaryl/α,β-unsaturated/α-hetero) is 1. The molecule has 0 heterocycles. The number of hydrogen-bond donors (Lipinski definition) is 1. The molecule has 2 rings (SSSR count). The first-order valence-corrected chi connectivity index (χ1v) is 8.82. The highest BCUT2D eigenvalue weighted by Gasteiger charge is 2.14. The van der Waals surface area contributed by atoms with E-state index in [9.17, 15) is 18.8 Å². The van der Waals surface area contributed by atoms with Crippen molar-refractivity contribution in [2.75, 3.05) is 7.11 Å². The largest absolute Gasteiger partial charge is 0.496 e. The normalized spacial score (nSPS) is 11.0.